The number of nitrogens with one attached hydrogen (secondary N) is 2. The first-order chi connectivity index (χ1) is 28.2. The molecule has 342 valence electrons. The number of carbonyl (C=O) groups is 2. The number of aliphatic hydroxyl groups is 2. The lowest BCUT2D eigenvalue weighted by atomic mass is 9.87. The summed E-state index contributed by atoms with van der Waals surface area (Å²) in [7, 11) is -16.3. The van der Waals surface area contributed by atoms with E-state index in [0.717, 1.165) is 41.6 Å². The molecular formula is C33H58N7O16P3S. The van der Waals surface area contributed by atoms with Gasteiger partial charge in [0.1, 0.15) is 36.3 Å². The maximum absolute atomic E-state index is 12.7. The van der Waals surface area contributed by atoms with Crippen molar-refractivity contribution in [3.8, 4) is 0 Å². The average Bonchev–Trinajstić information content (AvgIpc) is 3.73. The molecule has 1 saturated heterocycles. The SMILES string of the molecule is C/C=C/CCCCCCCCCSCCNC(=O)CCNC(=O)[C@H](O)C(C)(C)COP(=O)(O)OP(=O)(O)OC[C@H]1O[C@@H](n2cnc3c(N)ncnc32)[C@H](O)[C@@H]1OP(=O)(O)O. The third kappa shape index (κ3) is 17.8. The number of fused-ring (bicyclic) bond motifs is 1. The van der Waals surface area contributed by atoms with Crippen LogP contribution in [0.4, 0.5) is 5.82 Å². The van der Waals surface area contributed by atoms with Crippen LogP contribution in [0, 0.1) is 5.41 Å². The number of ether oxygens (including phenoxy) is 1. The molecule has 3 rings (SSSR count). The van der Waals surface area contributed by atoms with Crippen molar-refractivity contribution >= 4 is 64.0 Å². The van der Waals surface area contributed by atoms with E-state index in [9.17, 15) is 53.1 Å². The van der Waals surface area contributed by atoms with Crippen molar-refractivity contribution in [2.75, 3.05) is 43.5 Å². The first-order valence-corrected chi connectivity index (χ1v) is 24.9. The molecule has 1 aliphatic rings. The van der Waals surface area contributed by atoms with Crippen molar-refractivity contribution in [3.05, 3.63) is 24.8 Å². The second kappa shape index (κ2) is 24.5. The fraction of sp³-hybridized carbons (Fsp3) is 0.727. The Kier molecular flexibility index (Phi) is 21.2. The van der Waals surface area contributed by atoms with Gasteiger partial charge in [0.05, 0.1) is 19.5 Å². The summed E-state index contributed by atoms with van der Waals surface area (Å²) in [6.07, 6.45) is 7.31. The minimum absolute atomic E-state index is 0.0331. The zero-order valence-corrected chi connectivity index (χ0v) is 37.2. The molecule has 0 aromatic carbocycles. The normalized spacial score (nSPS) is 21.2. The highest BCUT2D eigenvalue weighted by atomic mass is 32.2. The molecule has 2 aromatic heterocycles. The average molecular weight is 934 g/mol. The van der Waals surface area contributed by atoms with Crippen LogP contribution in [0.2, 0.25) is 0 Å². The van der Waals surface area contributed by atoms with Gasteiger partial charge in [0, 0.05) is 30.7 Å². The molecule has 0 spiro atoms. The fourth-order valence-corrected chi connectivity index (χ4v) is 9.51. The van der Waals surface area contributed by atoms with Crippen LogP contribution in [0.25, 0.3) is 11.2 Å². The predicted molar refractivity (Wildman–Crippen MR) is 219 cm³/mol. The van der Waals surface area contributed by atoms with E-state index in [0.29, 0.717) is 6.54 Å². The number of anilines is 1. The lowest BCUT2D eigenvalue weighted by molar-refractivity contribution is -0.137. The summed E-state index contributed by atoms with van der Waals surface area (Å²) in [6.45, 7) is 2.99. The number of aliphatic hydroxyl groups excluding tert-OH is 2. The van der Waals surface area contributed by atoms with Gasteiger partial charge in [0.15, 0.2) is 17.7 Å². The topological polar surface area (TPSA) is 347 Å². The third-order valence-electron chi connectivity index (χ3n) is 9.04. The molecule has 23 nitrogen and oxygen atoms in total. The van der Waals surface area contributed by atoms with Gasteiger partial charge in [0.2, 0.25) is 11.8 Å². The number of aromatic nitrogens is 4. The van der Waals surface area contributed by atoms with Gasteiger partial charge in [-0.25, -0.2) is 28.6 Å². The number of nitrogens with zero attached hydrogens (tertiary/aromatic N) is 4. The Morgan fingerprint density at radius 2 is 1.65 bits per heavy atom. The molecule has 27 heteroatoms. The Labute approximate surface area is 352 Å². The minimum Gasteiger partial charge on any atom is -0.386 e. The van der Waals surface area contributed by atoms with Crippen LogP contribution < -0.4 is 16.4 Å². The summed E-state index contributed by atoms with van der Waals surface area (Å²) >= 11 is 1.76. The van der Waals surface area contributed by atoms with Gasteiger partial charge in [0.25, 0.3) is 0 Å². The molecule has 60 heavy (non-hydrogen) atoms. The van der Waals surface area contributed by atoms with Crippen molar-refractivity contribution in [1.82, 2.24) is 30.2 Å². The second-order valence-corrected chi connectivity index (χ2v) is 20.0. The van der Waals surface area contributed by atoms with Crippen LogP contribution in [0.3, 0.4) is 0 Å². The lowest BCUT2D eigenvalue weighted by Crippen LogP contribution is -2.46. The quantitative estimate of drug-likeness (QED) is 0.0322. The summed E-state index contributed by atoms with van der Waals surface area (Å²) in [5, 5.41) is 26.7. The van der Waals surface area contributed by atoms with Crippen molar-refractivity contribution in [2.45, 2.75) is 109 Å². The van der Waals surface area contributed by atoms with E-state index in [1.54, 1.807) is 11.8 Å². The predicted octanol–water partition coefficient (Wildman–Crippen LogP) is 2.84. The van der Waals surface area contributed by atoms with Crippen molar-refractivity contribution < 1.29 is 75.7 Å². The van der Waals surface area contributed by atoms with E-state index in [-0.39, 0.29) is 35.9 Å². The molecule has 0 bridgehead atoms. The van der Waals surface area contributed by atoms with Gasteiger partial charge in [-0.15, -0.1) is 0 Å². The fourth-order valence-electron chi connectivity index (χ4n) is 5.82. The molecule has 2 aromatic rings. The number of nitrogens with two attached hydrogens (primary N) is 1. The highest BCUT2D eigenvalue weighted by Gasteiger charge is 2.50. The standard InChI is InChI=1S/C33H58N7O16P3S/c1-4-5-6-7-8-9-10-11-12-13-17-60-18-16-35-24(41)14-15-36-31(44)28(43)33(2,3)20-53-59(50,51)56-58(48,49)52-19-23-27(55-57(45,46)47)26(42)32(54-23)40-22-39-25-29(34)37-21-38-30(25)40/h4-5,21-23,26-28,32,42-43H,6-20H2,1-3H3,(H,35,41)(H,36,44)(H,48,49)(H,50,51)(H2,34,37,38)(H2,45,46,47)/b5-4+/t23-,26-,27-,28+,32-/m1/s1. The number of carbonyl (C=O) groups excluding carboxylic acids is 2. The van der Waals surface area contributed by atoms with Gasteiger partial charge in [-0.3, -0.25) is 27.7 Å². The number of unbranched alkanes of at least 4 members (excludes halogenated alkanes) is 7. The van der Waals surface area contributed by atoms with Gasteiger partial charge in [-0.2, -0.15) is 16.1 Å². The summed E-state index contributed by atoms with van der Waals surface area (Å²) in [4.78, 5) is 75.9. The minimum atomic E-state index is -5.55. The van der Waals surface area contributed by atoms with Crippen molar-refractivity contribution in [2.24, 2.45) is 5.41 Å². The molecule has 2 unspecified atom stereocenters. The zero-order chi connectivity index (χ0) is 44.6. The Balaban J connectivity index is 1.38. The number of hydrogen-bond acceptors (Lipinski definition) is 17. The van der Waals surface area contributed by atoms with Crippen LogP contribution in [0.1, 0.15) is 84.8 Å². The number of thioether (sulfide) groups is 1. The number of rotatable bonds is 29. The van der Waals surface area contributed by atoms with Crippen LogP contribution in [0.5, 0.6) is 0 Å². The third-order valence-corrected chi connectivity index (χ3v) is 13.2. The maximum Gasteiger partial charge on any atom is 0.481 e. The van der Waals surface area contributed by atoms with Gasteiger partial charge >= 0.3 is 23.5 Å². The molecule has 0 radical (unpaired) electrons. The summed E-state index contributed by atoms with van der Waals surface area (Å²) in [6, 6.07) is 0. The highest BCUT2D eigenvalue weighted by Crippen LogP contribution is 2.61. The summed E-state index contributed by atoms with van der Waals surface area (Å²) < 4.78 is 62.3. The van der Waals surface area contributed by atoms with Gasteiger partial charge in [-0.05, 0) is 31.9 Å². The Morgan fingerprint density at radius 1 is 0.983 bits per heavy atom. The summed E-state index contributed by atoms with van der Waals surface area (Å²) in [5.74, 6) is 0.503. The van der Waals surface area contributed by atoms with Gasteiger partial charge < -0.3 is 50.9 Å². The molecule has 1 aliphatic heterocycles. The zero-order valence-electron chi connectivity index (χ0n) is 33.7. The van der Waals surface area contributed by atoms with Crippen LogP contribution in [-0.4, -0.2) is 123 Å². The van der Waals surface area contributed by atoms with E-state index in [4.69, 9.17) is 19.5 Å². The Bertz CT molecular complexity index is 1850. The van der Waals surface area contributed by atoms with E-state index in [1.165, 1.54) is 52.4 Å². The number of phosphoric acid groups is 3. The monoisotopic (exact) mass is 933 g/mol. The number of hydrogen-bond donors (Lipinski definition) is 9. The number of nitrogen functional groups attached to an aromatic ring is 1. The first kappa shape index (κ1) is 52.0. The number of amides is 2. The molecule has 0 aliphatic carbocycles. The molecule has 3 heterocycles. The maximum atomic E-state index is 12.7. The van der Waals surface area contributed by atoms with Crippen LogP contribution in [-0.2, 0) is 45.9 Å². The largest absolute Gasteiger partial charge is 0.481 e. The number of imidazole rings is 1. The van der Waals surface area contributed by atoms with Crippen molar-refractivity contribution in [3.63, 3.8) is 0 Å². The lowest BCUT2D eigenvalue weighted by Gasteiger charge is -2.30. The molecule has 0 saturated carbocycles. The van der Waals surface area contributed by atoms with Crippen LogP contribution in [0.15, 0.2) is 24.8 Å². The first-order valence-electron chi connectivity index (χ1n) is 19.2. The molecule has 10 N–H and O–H groups in total. The Hall–Kier alpha value is -2.37. The van der Waals surface area contributed by atoms with Gasteiger partial charge in [-0.1, -0.05) is 58.1 Å². The molecule has 7 atom stereocenters. The molecule has 2 amide bonds. The van der Waals surface area contributed by atoms with E-state index < -0.39 is 78.6 Å². The molecule has 1 fully saturated rings. The van der Waals surface area contributed by atoms with Crippen LogP contribution >= 0.6 is 35.2 Å². The van der Waals surface area contributed by atoms with Crippen molar-refractivity contribution in [1.29, 1.82) is 0 Å². The highest BCUT2D eigenvalue weighted by molar-refractivity contribution is 7.99. The number of allylic oxidation sites excluding steroid dienone is 2. The summed E-state index contributed by atoms with van der Waals surface area (Å²) in [5.41, 5.74) is 4.33. The number of phosphoric ester groups is 3. The Morgan fingerprint density at radius 3 is 2.33 bits per heavy atom. The van der Waals surface area contributed by atoms with E-state index >= 15 is 0 Å². The smallest absolute Gasteiger partial charge is 0.386 e. The second-order valence-electron chi connectivity index (χ2n) is 14.5. The molecular weight excluding hydrogens is 875 g/mol. The van der Waals surface area contributed by atoms with E-state index in [1.807, 2.05) is 6.92 Å². The van der Waals surface area contributed by atoms with E-state index in [2.05, 4.69) is 46.6 Å².